The molecule has 3 heteroatoms. The first-order chi connectivity index (χ1) is 14.7. The number of ether oxygens (including phenoxy) is 1. The number of rotatable bonds is 5. The van der Waals surface area contributed by atoms with Crippen molar-refractivity contribution in [1.29, 1.82) is 0 Å². The average Bonchev–Trinajstić information content (AvgIpc) is 2.81. The predicted octanol–water partition coefficient (Wildman–Crippen LogP) is 5.80. The van der Waals surface area contributed by atoms with Crippen LogP contribution in [-0.2, 0) is 11.2 Å². The Morgan fingerprint density at radius 3 is 2.23 bits per heavy atom. The molecule has 0 aliphatic carbocycles. The van der Waals surface area contributed by atoms with E-state index in [9.17, 15) is 4.79 Å². The lowest BCUT2D eigenvalue weighted by Gasteiger charge is -2.47. The summed E-state index contributed by atoms with van der Waals surface area (Å²) in [5.74, 6) is 0.914. The van der Waals surface area contributed by atoms with Gasteiger partial charge in [-0.05, 0) is 52.6 Å². The van der Waals surface area contributed by atoms with Crippen LogP contribution in [0.4, 0.5) is 5.69 Å². The first kappa shape index (κ1) is 18.4. The summed E-state index contributed by atoms with van der Waals surface area (Å²) < 4.78 is 5.32. The van der Waals surface area contributed by atoms with Crippen molar-refractivity contribution in [2.75, 3.05) is 12.0 Å². The molecule has 0 bridgehead atoms. The third kappa shape index (κ3) is 3.22. The topological polar surface area (TPSA) is 29.5 Å². The second-order valence-corrected chi connectivity index (χ2v) is 7.75. The number of amides is 1. The zero-order chi connectivity index (χ0) is 20.5. The first-order valence-corrected chi connectivity index (χ1v) is 10.2. The maximum Gasteiger partial charge on any atom is 0.233 e. The molecule has 1 aliphatic heterocycles. The molecule has 0 N–H and O–H groups in total. The van der Waals surface area contributed by atoms with Crippen LogP contribution in [0.1, 0.15) is 17.2 Å². The number of carbonyl (C=O) groups is 1. The van der Waals surface area contributed by atoms with E-state index in [4.69, 9.17) is 4.74 Å². The van der Waals surface area contributed by atoms with Gasteiger partial charge in [0.2, 0.25) is 5.91 Å². The Hall–Kier alpha value is -3.59. The Bertz CT molecular complexity index is 1180. The van der Waals surface area contributed by atoms with E-state index in [1.807, 2.05) is 47.4 Å². The van der Waals surface area contributed by atoms with Gasteiger partial charge in [0.1, 0.15) is 5.75 Å². The zero-order valence-electron chi connectivity index (χ0n) is 16.9. The van der Waals surface area contributed by atoms with Crippen molar-refractivity contribution in [3.63, 3.8) is 0 Å². The number of hydrogen-bond acceptors (Lipinski definition) is 2. The molecule has 0 spiro atoms. The molecular weight excluding hydrogens is 370 g/mol. The minimum absolute atomic E-state index is 0.0114. The highest BCUT2D eigenvalue weighted by atomic mass is 16.5. The number of carbonyl (C=O) groups excluding carboxylic acids is 1. The molecular formula is C27H23NO2. The van der Waals surface area contributed by atoms with Gasteiger partial charge in [0.25, 0.3) is 0 Å². The molecule has 3 nitrogen and oxygen atoms in total. The van der Waals surface area contributed by atoms with E-state index in [1.54, 1.807) is 7.11 Å². The summed E-state index contributed by atoms with van der Waals surface area (Å²) >= 11 is 0. The maximum absolute atomic E-state index is 13.2. The monoisotopic (exact) mass is 393 g/mol. The van der Waals surface area contributed by atoms with Crippen LogP contribution in [-0.4, -0.2) is 13.0 Å². The van der Waals surface area contributed by atoms with Gasteiger partial charge in [-0.1, -0.05) is 72.8 Å². The van der Waals surface area contributed by atoms with Crippen molar-refractivity contribution in [2.45, 2.75) is 12.5 Å². The van der Waals surface area contributed by atoms with E-state index in [0.717, 1.165) is 23.4 Å². The highest BCUT2D eigenvalue weighted by Gasteiger charge is 2.48. The van der Waals surface area contributed by atoms with Gasteiger partial charge in [0, 0.05) is 5.69 Å². The number of β-lactam (4-membered cyclic amide) rings is 1. The Morgan fingerprint density at radius 2 is 1.50 bits per heavy atom. The van der Waals surface area contributed by atoms with Crippen LogP contribution in [0.15, 0.2) is 97.1 Å². The van der Waals surface area contributed by atoms with Crippen LogP contribution in [0.2, 0.25) is 0 Å². The largest absolute Gasteiger partial charge is 0.497 e. The summed E-state index contributed by atoms with van der Waals surface area (Å²) in [6.45, 7) is 0. The van der Waals surface area contributed by atoms with Gasteiger partial charge in [0.15, 0.2) is 0 Å². The lowest BCUT2D eigenvalue weighted by atomic mass is 9.78. The molecule has 2 atom stereocenters. The fourth-order valence-corrected chi connectivity index (χ4v) is 4.43. The van der Waals surface area contributed by atoms with E-state index >= 15 is 0 Å². The molecule has 4 aromatic rings. The van der Waals surface area contributed by atoms with Crippen LogP contribution in [0.5, 0.6) is 5.75 Å². The molecule has 1 saturated heterocycles. The Kier molecular flexibility index (Phi) is 4.72. The minimum atomic E-state index is -0.0836. The first-order valence-electron chi connectivity index (χ1n) is 10.2. The minimum Gasteiger partial charge on any atom is -0.497 e. The molecule has 1 fully saturated rings. The molecule has 0 radical (unpaired) electrons. The van der Waals surface area contributed by atoms with Crippen molar-refractivity contribution < 1.29 is 9.53 Å². The third-order valence-electron chi connectivity index (χ3n) is 5.98. The van der Waals surface area contributed by atoms with Crippen molar-refractivity contribution in [2.24, 2.45) is 5.92 Å². The van der Waals surface area contributed by atoms with Crippen LogP contribution in [0.3, 0.4) is 0 Å². The number of anilines is 1. The average molecular weight is 393 g/mol. The standard InChI is InChI=1S/C27H23NO2/c1-30-24-15-13-21(14-16-24)26-25(27(29)28(26)23-9-3-2-4-10-23)18-19-11-12-20-7-5-6-8-22(20)17-19/h2-17,25-26H,18H2,1H3/t25-,26-/m1/s1. The number of methoxy groups -OCH3 is 1. The summed E-state index contributed by atoms with van der Waals surface area (Å²) in [6, 6.07) is 32.9. The molecule has 4 aromatic carbocycles. The Balaban J connectivity index is 1.49. The van der Waals surface area contributed by atoms with Crippen LogP contribution in [0.25, 0.3) is 10.8 Å². The molecule has 0 aromatic heterocycles. The quantitative estimate of drug-likeness (QED) is 0.401. The fourth-order valence-electron chi connectivity index (χ4n) is 4.43. The van der Waals surface area contributed by atoms with Gasteiger partial charge in [0.05, 0.1) is 19.1 Å². The van der Waals surface area contributed by atoms with E-state index < -0.39 is 0 Å². The Morgan fingerprint density at radius 1 is 0.800 bits per heavy atom. The second kappa shape index (κ2) is 7.68. The fraction of sp³-hybridized carbons (Fsp3) is 0.148. The molecule has 148 valence electrons. The molecule has 0 unspecified atom stereocenters. The molecule has 1 aliphatic rings. The number of nitrogens with zero attached hydrogens (tertiary/aromatic N) is 1. The zero-order valence-corrected chi connectivity index (χ0v) is 16.9. The summed E-state index contributed by atoms with van der Waals surface area (Å²) in [5, 5.41) is 2.43. The van der Waals surface area contributed by atoms with Crippen LogP contribution in [0, 0.1) is 5.92 Å². The van der Waals surface area contributed by atoms with E-state index in [2.05, 4.69) is 54.6 Å². The number of hydrogen-bond donors (Lipinski definition) is 0. The summed E-state index contributed by atoms with van der Waals surface area (Å²) in [4.78, 5) is 15.2. The number of para-hydroxylation sites is 1. The lowest BCUT2D eigenvalue weighted by molar-refractivity contribution is -0.130. The molecule has 0 saturated carbocycles. The molecule has 30 heavy (non-hydrogen) atoms. The van der Waals surface area contributed by atoms with Crippen LogP contribution < -0.4 is 9.64 Å². The van der Waals surface area contributed by atoms with E-state index in [-0.39, 0.29) is 17.9 Å². The highest BCUT2D eigenvalue weighted by Crippen LogP contribution is 2.45. The van der Waals surface area contributed by atoms with E-state index in [0.29, 0.717) is 0 Å². The Labute approximate surface area is 176 Å². The highest BCUT2D eigenvalue weighted by molar-refractivity contribution is 6.03. The van der Waals surface area contributed by atoms with Gasteiger partial charge in [-0.3, -0.25) is 4.79 Å². The predicted molar refractivity (Wildman–Crippen MR) is 121 cm³/mol. The van der Waals surface area contributed by atoms with Gasteiger partial charge in [-0.25, -0.2) is 0 Å². The normalized spacial score (nSPS) is 18.3. The van der Waals surface area contributed by atoms with Gasteiger partial charge >= 0.3 is 0 Å². The van der Waals surface area contributed by atoms with Gasteiger partial charge < -0.3 is 9.64 Å². The SMILES string of the molecule is COc1ccc([C@@H]2[C@@H](Cc3ccc4ccccc4c3)C(=O)N2c2ccccc2)cc1. The summed E-state index contributed by atoms with van der Waals surface area (Å²) in [6.07, 6.45) is 0.726. The lowest BCUT2D eigenvalue weighted by Crippen LogP contribution is -2.56. The third-order valence-corrected chi connectivity index (χ3v) is 5.98. The number of benzene rings is 4. The maximum atomic E-state index is 13.2. The summed E-state index contributed by atoms with van der Waals surface area (Å²) in [7, 11) is 1.67. The van der Waals surface area contributed by atoms with E-state index in [1.165, 1.54) is 16.3 Å². The van der Waals surface area contributed by atoms with Crippen molar-refractivity contribution in [3.8, 4) is 5.75 Å². The van der Waals surface area contributed by atoms with Gasteiger partial charge in [-0.2, -0.15) is 0 Å². The second-order valence-electron chi connectivity index (χ2n) is 7.75. The number of fused-ring (bicyclic) bond motifs is 1. The summed E-state index contributed by atoms with van der Waals surface area (Å²) in [5.41, 5.74) is 3.27. The van der Waals surface area contributed by atoms with Crippen LogP contribution >= 0.6 is 0 Å². The van der Waals surface area contributed by atoms with Gasteiger partial charge in [-0.15, -0.1) is 0 Å². The van der Waals surface area contributed by atoms with Crippen molar-refractivity contribution in [1.82, 2.24) is 0 Å². The smallest absolute Gasteiger partial charge is 0.233 e. The molecule has 5 rings (SSSR count). The van der Waals surface area contributed by atoms with Crippen molar-refractivity contribution >= 4 is 22.4 Å². The van der Waals surface area contributed by atoms with Crippen molar-refractivity contribution in [3.05, 3.63) is 108 Å². The molecule has 1 heterocycles. The molecule has 1 amide bonds.